The van der Waals surface area contributed by atoms with Crippen LogP contribution in [0.3, 0.4) is 0 Å². The molecule has 1 aliphatic heterocycles. The van der Waals surface area contributed by atoms with Gasteiger partial charge < -0.3 is 9.64 Å². The number of rotatable bonds is 3. The molecule has 3 rings (SSSR count). The standard InChI is InChI=1S/C15H17FN4O2/c1-4-19(3)15(21)13-9(2)18-14-11(12-6-17-8-22-12)5-10(16)7-20(13)14/h5,7-8,12H,4,6H2,1-3H3. The molecule has 0 aliphatic carbocycles. The number of pyridine rings is 1. The van der Waals surface area contributed by atoms with Gasteiger partial charge in [0, 0.05) is 25.4 Å². The first-order valence-corrected chi connectivity index (χ1v) is 7.10. The van der Waals surface area contributed by atoms with Gasteiger partial charge in [-0.2, -0.15) is 0 Å². The van der Waals surface area contributed by atoms with E-state index in [0.29, 0.717) is 35.7 Å². The van der Waals surface area contributed by atoms with Crippen LogP contribution in [0.1, 0.15) is 34.8 Å². The van der Waals surface area contributed by atoms with E-state index in [0.717, 1.165) is 0 Å². The Bertz CT molecular complexity index is 760. The number of hydrogen-bond acceptors (Lipinski definition) is 4. The zero-order valence-electron chi connectivity index (χ0n) is 12.7. The number of ether oxygens (including phenoxy) is 1. The summed E-state index contributed by atoms with van der Waals surface area (Å²) in [4.78, 5) is 22.5. The summed E-state index contributed by atoms with van der Waals surface area (Å²) in [6.45, 7) is 4.61. The van der Waals surface area contributed by atoms with Crippen LogP contribution in [-0.4, -0.2) is 46.7 Å². The molecule has 0 saturated carbocycles. The zero-order chi connectivity index (χ0) is 15.9. The van der Waals surface area contributed by atoms with Crippen molar-refractivity contribution in [2.45, 2.75) is 20.0 Å². The lowest BCUT2D eigenvalue weighted by molar-refractivity contribution is 0.0795. The summed E-state index contributed by atoms with van der Waals surface area (Å²) < 4.78 is 20.9. The lowest BCUT2D eigenvalue weighted by Crippen LogP contribution is -2.28. The molecule has 6 nitrogen and oxygen atoms in total. The van der Waals surface area contributed by atoms with Gasteiger partial charge in [-0.3, -0.25) is 14.2 Å². The molecule has 0 saturated heterocycles. The van der Waals surface area contributed by atoms with Crippen LogP contribution in [0, 0.1) is 12.7 Å². The van der Waals surface area contributed by atoms with Crippen molar-refractivity contribution < 1.29 is 13.9 Å². The highest BCUT2D eigenvalue weighted by atomic mass is 19.1. The van der Waals surface area contributed by atoms with Gasteiger partial charge in [0.15, 0.2) is 6.40 Å². The van der Waals surface area contributed by atoms with E-state index >= 15 is 0 Å². The van der Waals surface area contributed by atoms with Gasteiger partial charge in [-0.05, 0) is 19.9 Å². The van der Waals surface area contributed by atoms with Crippen molar-refractivity contribution >= 4 is 18.0 Å². The monoisotopic (exact) mass is 304 g/mol. The lowest BCUT2D eigenvalue weighted by atomic mass is 10.1. The average molecular weight is 304 g/mol. The number of imidazole rings is 1. The average Bonchev–Trinajstić information content (AvgIpc) is 3.12. The lowest BCUT2D eigenvalue weighted by Gasteiger charge is -2.15. The SMILES string of the molecule is CCN(C)C(=O)c1c(C)nc2c(C3CN=CO3)cc(F)cn12. The minimum absolute atomic E-state index is 0.187. The second-order valence-electron chi connectivity index (χ2n) is 5.27. The van der Waals surface area contributed by atoms with Gasteiger partial charge in [0.05, 0.1) is 12.2 Å². The highest BCUT2D eigenvalue weighted by Crippen LogP contribution is 2.27. The van der Waals surface area contributed by atoms with Crippen LogP contribution in [0.5, 0.6) is 0 Å². The second-order valence-corrected chi connectivity index (χ2v) is 5.27. The molecular weight excluding hydrogens is 287 g/mol. The summed E-state index contributed by atoms with van der Waals surface area (Å²) in [6, 6.07) is 1.39. The largest absolute Gasteiger partial charge is 0.474 e. The maximum atomic E-state index is 14.0. The summed E-state index contributed by atoms with van der Waals surface area (Å²) in [7, 11) is 1.70. The third-order valence-electron chi connectivity index (χ3n) is 3.83. The molecule has 0 bridgehead atoms. The van der Waals surface area contributed by atoms with Crippen LogP contribution in [0.4, 0.5) is 4.39 Å². The molecule has 1 atom stereocenters. The Morgan fingerprint density at radius 3 is 3.00 bits per heavy atom. The summed E-state index contributed by atoms with van der Waals surface area (Å²) in [5.74, 6) is -0.628. The number of aryl methyl sites for hydroxylation is 1. The molecule has 0 N–H and O–H groups in total. The van der Waals surface area contributed by atoms with E-state index in [-0.39, 0.29) is 12.0 Å². The van der Waals surface area contributed by atoms with Gasteiger partial charge in [0.2, 0.25) is 0 Å². The summed E-state index contributed by atoms with van der Waals surface area (Å²) in [5.41, 5.74) is 2.07. The minimum atomic E-state index is -0.441. The van der Waals surface area contributed by atoms with Crippen molar-refractivity contribution in [2.75, 3.05) is 20.1 Å². The van der Waals surface area contributed by atoms with Crippen molar-refractivity contribution in [1.82, 2.24) is 14.3 Å². The summed E-state index contributed by atoms with van der Waals surface area (Å²) in [6.07, 6.45) is 2.27. The van der Waals surface area contributed by atoms with E-state index in [1.54, 1.807) is 18.9 Å². The number of amides is 1. The van der Waals surface area contributed by atoms with Gasteiger partial charge in [-0.25, -0.2) is 9.37 Å². The Labute approximate surface area is 127 Å². The molecule has 22 heavy (non-hydrogen) atoms. The van der Waals surface area contributed by atoms with E-state index in [1.165, 1.54) is 23.1 Å². The van der Waals surface area contributed by atoms with Crippen molar-refractivity contribution in [3.8, 4) is 0 Å². The first kappa shape index (κ1) is 14.5. The number of fused-ring (bicyclic) bond motifs is 1. The number of carbonyl (C=O) groups excluding carboxylic acids is 1. The fourth-order valence-corrected chi connectivity index (χ4v) is 2.54. The minimum Gasteiger partial charge on any atom is -0.474 e. The van der Waals surface area contributed by atoms with Crippen molar-refractivity contribution in [3.63, 3.8) is 0 Å². The number of halogens is 1. The van der Waals surface area contributed by atoms with Crippen molar-refractivity contribution in [1.29, 1.82) is 0 Å². The molecule has 1 amide bonds. The van der Waals surface area contributed by atoms with Gasteiger partial charge >= 0.3 is 0 Å². The molecule has 0 spiro atoms. The Kier molecular flexibility index (Phi) is 3.56. The fraction of sp³-hybridized carbons (Fsp3) is 0.400. The normalized spacial score (nSPS) is 17.0. The molecule has 3 heterocycles. The summed E-state index contributed by atoms with van der Waals surface area (Å²) in [5, 5.41) is 0. The Morgan fingerprint density at radius 2 is 2.36 bits per heavy atom. The molecule has 1 aliphatic rings. The fourth-order valence-electron chi connectivity index (χ4n) is 2.54. The molecule has 2 aromatic heterocycles. The van der Waals surface area contributed by atoms with Crippen molar-refractivity contribution in [3.05, 3.63) is 35.0 Å². The number of nitrogens with zero attached hydrogens (tertiary/aromatic N) is 4. The number of aromatic nitrogens is 2. The number of carbonyl (C=O) groups is 1. The molecule has 0 fully saturated rings. The zero-order valence-corrected chi connectivity index (χ0v) is 12.7. The summed E-state index contributed by atoms with van der Waals surface area (Å²) >= 11 is 0. The van der Waals surface area contributed by atoms with Crippen LogP contribution in [0.15, 0.2) is 17.3 Å². The van der Waals surface area contributed by atoms with Crippen molar-refractivity contribution in [2.24, 2.45) is 4.99 Å². The maximum Gasteiger partial charge on any atom is 0.272 e. The van der Waals surface area contributed by atoms with Gasteiger partial charge in [0.1, 0.15) is 23.3 Å². The third kappa shape index (κ3) is 2.22. The Hall–Kier alpha value is -2.44. The van der Waals surface area contributed by atoms with Crippen LogP contribution < -0.4 is 0 Å². The predicted molar refractivity (Wildman–Crippen MR) is 79.7 cm³/mol. The Balaban J connectivity index is 2.19. The van der Waals surface area contributed by atoms with E-state index in [1.807, 2.05) is 6.92 Å². The van der Waals surface area contributed by atoms with E-state index in [9.17, 15) is 9.18 Å². The van der Waals surface area contributed by atoms with E-state index < -0.39 is 5.82 Å². The first-order valence-electron chi connectivity index (χ1n) is 7.10. The smallest absolute Gasteiger partial charge is 0.272 e. The van der Waals surface area contributed by atoms with Crippen LogP contribution in [0.2, 0.25) is 0 Å². The first-order chi connectivity index (χ1) is 10.5. The van der Waals surface area contributed by atoms with Crippen LogP contribution in [-0.2, 0) is 4.74 Å². The van der Waals surface area contributed by atoms with Gasteiger partial charge in [-0.1, -0.05) is 0 Å². The predicted octanol–water partition coefficient (Wildman–Crippen LogP) is 1.97. The molecule has 0 aromatic carbocycles. The highest BCUT2D eigenvalue weighted by Gasteiger charge is 2.25. The molecule has 1 unspecified atom stereocenters. The third-order valence-corrected chi connectivity index (χ3v) is 3.83. The molecule has 7 heteroatoms. The van der Waals surface area contributed by atoms with Gasteiger partial charge in [0.25, 0.3) is 5.91 Å². The van der Waals surface area contributed by atoms with Gasteiger partial charge in [-0.15, -0.1) is 0 Å². The maximum absolute atomic E-state index is 14.0. The topological polar surface area (TPSA) is 59.2 Å². The quantitative estimate of drug-likeness (QED) is 0.871. The molecule has 0 radical (unpaired) electrons. The van der Waals surface area contributed by atoms with Crippen LogP contribution in [0.25, 0.3) is 5.65 Å². The number of hydrogen-bond donors (Lipinski definition) is 0. The number of aliphatic imine (C=N–C) groups is 1. The van der Waals surface area contributed by atoms with E-state index in [4.69, 9.17) is 4.74 Å². The molecular formula is C15H17FN4O2. The molecule has 116 valence electrons. The molecule has 2 aromatic rings. The highest BCUT2D eigenvalue weighted by molar-refractivity contribution is 5.94. The Morgan fingerprint density at radius 1 is 1.59 bits per heavy atom. The van der Waals surface area contributed by atoms with Crippen LogP contribution >= 0.6 is 0 Å². The second kappa shape index (κ2) is 5.40. The van der Waals surface area contributed by atoms with E-state index in [2.05, 4.69) is 9.98 Å².